The van der Waals surface area contributed by atoms with Crippen molar-refractivity contribution < 1.29 is 9.53 Å². The molecule has 0 spiro atoms. The summed E-state index contributed by atoms with van der Waals surface area (Å²) in [5.41, 5.74) is 2.04. The van der Waals surface area contributed by atoms with E-state index in [9.17, 15) is 4.79 Å². The van der Waals surface area contributed by atoms with Crippen LogP contribution in [0.1, 0.15) is 37.7 Å². The van der Waals surface area contributed by atoms with Crippen molar-refractivity contribution in [2.24, 2.45) is 5.92 Å². The maximum atomic E-state index is 11.5. The largest absolute Gasteiger partial charge is 0.491 e. The topological polar surface area (TPSA) is 38.3 Å². The number of anilines is 1. The molecule has 0 aromatic heterocycles. The molecule has 0 bridgehead atoms. The lowest BCUT2D eigenvalue weighted by Gasteiger charge is -2.21. The molecule has 0 radical (unpaired) electrons. The highest BCUT2D eigenvalue weighted by Gasteiger charge is 2.21. The molecule has 0 atom stereocenters. The van der Waals surface area contributed by atoms with Gasteiger partial charge < -0.3 is 10.1 Å². The highest BCUT2D eigenvalue weighted by atomic mass is 79.9. The zero-order valence-corrected chi connectivity index (χ0v) is 12.5. The van der Waals surface area contributed by atoms with Gasteiger partial charge in [0.15, 0.2) is 0 Å². The number of aryl methyl sites for hydroxylation is 1. The van der Waals surface area contributed by atoms with Crippen LogP contribution in [0.25, 0.3) is 0 Å². The number of fused-ring (bicyclic) bond motifs is 1. The number of rotatable bonds is 3. The van der Waals surface area contributed by atoms with Crippen LogP contribution in [0.4, 0.5) is 5.69 Å². The first-order valence-electron chi connectivity index (χ1n) is 6.97. The fourth-order valence-electron chi connectivity index (χ4n) is 2.92. The maximum Gasteiger partial charge on any atom is 0.224 e. The van der Waals surface area contributed by atoms with Gasteiger partial charge >= 0.3 is 0 Å². The summed E-state index contributed by atoms with van der Waals surface area (Å²) >= 11 is 3.52. The Kier molecular flexibility index (Phi) is 3.78. The number of carbonyl (C=O) groups excluding carboxylic acids is 1. The van der Waals surface area contributed by atoms with E-state index in [0.29, 0.717) is 12.3 Å². The van der Waals surface area contributed by atoms with Crippen molar-refractivity contribution in [2.45, 2.75) is 38.5 Å². The minimum atomic E-state index is 0.0838. The summed E-state index contributed by atoms with van der Waals surface area (Å²) in [7, 11) is 0. The quantitative estimate of drug-likeness (QED) is 0.916. The highest BCUT2D eigenvalue weighted by molar-refractivity contribution is 9.10. The van der Waals surface area contributed by atoms with Gasteiger partial charge in [0.05, 0.1) is 12.3 Å². The van der Waals surface area contributed by atoms with Gasteiger partial charge in [-0.3, -0.25) is 4.79 Å². The van der Waals surface area contributed by atoms with Crippen molar-refractivity contribution in [3.05, 3.63) is 22.2 Å². The number of hydrogen-bond acceptors (Lipinski definition) is 2. The van der Waals surface area contributed by atoms with Crippen LogP contribution < -0.4 is 10.1 Å². The summed E-state index contributed by atoms with van der Waals surface area (Å²) in [5.74, 6) is 1.57. The zero-order valence-electron chi connectivity index (χ0n) is 10.9. The molecule has 102 valence electrons. The number of amides is 1. The van der Waals surface area contributed by atoms with Gasteiger partial charge in [-0.05, 0) is 42.9 Å². The van der Waals surface area contributed by atoms with Crippen LogP contribution >= 0.6 is 15.9 Å². The Morgan fingerprint density at radius 1 is 1.26 bits per heavy atom. The minimum absolute atomic E-state index is 0.0838. The standard InChI is InChI=1S/C15H18BrNO2/c16-12-7-11-5-6-14(18)17-15(11)13(8-12)19-9-10-3-1-2-4-10/h7-8,10H,1-6,9H2,(H,17,18). The van der Waals surface area contributed by atoms with Crippen LogP contribution in [0.3, 0.4) is 0 Å². The lowest BCUT2D eigenvalue weighted by Crippen LogP contribution is -2.20. The Morgan fingerprint density at radius 2 is 2.05 bits per heavy atom. The predicted molar refractivity (Wildman–Crippen MR) is 78.5 cm³/mol. The number of hydrogen-bond donors (Lipinski definition) is 1. The molecule has 1 N–H and O–H groups in total. The molecule has 4 heteroatoms. The second-order valence-electron chi connectivity index (χ2n) is 5.45. The third-order valence-electron chi connectivity index (χ3n) is 3.98. The van der Waals surface area contributed by atoms with Crippen molar-refractivity contribution in [2.75, 3.05) is 11.9 Å². The van der Waals surface area contributed by atoms with Crippen molar-refractivity contribution in [1.29, 1.82) is 0 Å². The average molecular weight is 324 g/mol. The van der Waals surface area contributed by atoms with E-state index in [4.69, 9.17) is 4.74 Å². The lowest BCUT2D eigenvalue weighted by molar-refractivity contribution is -0.116. The molecule has 1 aromatic carbocycles. The normalized spacial score (nSPS) is 19.1. The minimum Gasteiger partial charge on any atom is -0.491 e. The smallest absolute Gasteiger partial charge is 0.224 e. The van der Waals surface area contributed by atoms with Gasteiger partial charge in [0, 0.05) is 10.9 Å². The molecule has 0 unspecified atom stereocenters. The van der Waals surface area contributed by atoms with Crippen LogP contribution in [-0.4, -0.2) is 12.5 Å². The van der Waals surface area contributed by atoms with Gasteiger partial charge in [-0.25, -0.2) is 0 Å². The monoisotopic (exact) mass is 323 g/mol. The van der Waals surface area contributed by atoms with Crippen LogP contribution in [0.2, 0.25) is 0 Å². The Bertz CT molecular complexity index is 495. The molecule has 3 nitrogen and oxygen atoms in total. The number of ether oxygens (including phenoxy) is 1. The first kappa shape index (κ1) is 13.0. The Hall–Kier alpha value is -1.03. The van der Waals surface area contributed by atoms with E-state index in [1.807, 2.05) is 6.07 Å². The van der Waals surface area contributed by atoms with Crippen molar-refractivity contribution in [3.63, 3.8) is 0 Å². The lowest BCUT2D eigenvalue weighted by atomic mass is 10.0. The van der Waals surface area contributed by atoms with Crippen LogP contribution in [-0.2, 0) is 11.2 Å². The zero-order chi connectivity index (χ0) is 13.2. The summed E-state index contributed by atoms with van der Waals surface area (Å²) in [6.07, 6.45) is 6.53. The molecule has 0 saturated heterocycles. The molecular weight excluding hydrogens is 306 g/mol. The number of benzene rings is 1. The second kappa shape index (κ2) is 5.53. The van der Waals surface area contributed by atoms with Crippen LogP contribution in [0, 0.1) is 5.92 Å². The van der Waals surface area contributed by atoms with E-state index >= 15 is 0 Å². The molecule has 1 aliphatic carbocycles. The molecule has 1 amide bonds. The first-order valence-corrected chi connectivity index (χ1v) is 7.77. The third-order valence-corrected chi connectivity index (χ3v) is 4.44. The Labute approximate surface area is 121 Å². The predicted octanol–water partition coefficient (Wildman–Crippen LogP) is 3.90. The summed E-state index contributed by atoms with van der Waals surface area (Å²) in [6, 6.07) is 4.02. The molecule has 1 saturated carbocycles. The summed E-state index contributed by atoms with van der Waals surface area (Å²) < 4.78 is 6.99. The molecule has 19 heavy (non-hydrogen) atoms. The second-order valence-corrected chi connectivity index (χ2v) is 6.36. The van der Waals surface area contributed by atoms with Crippen molar-refractivity contribution in [3.8, 4) is 5.75 Å². The molecule has 3 rings (SSSR count). The van der Waals surface area contributed by atoms with Crippen molar-refractivity contribution in [1.82, 2.24) is 0 Å². The molecule has 2 aliphatic rings. The van der Waals surface area contributed by atoms with Crippen LogP contribution in [0.15, 0.2) is 16.6 Å². The average Bonchev–Trinajstić information content (AvgIpc) is 2.89. The van der Waals surface area contributed by atoms with Gasteiger partial charge in [0.25, 0.3) is 0 Å². The molecular formula is C15H18BrNO2. The Balaban J connectivity index is 1.79. The highest BCUT2D eigenvalue weighted by Crippen LogP contribution is 2.36. The molecule has 1 aromatic rings. The van der Waals surface area contributed by atoms with E-state index in [1.54, 1.807) is 0 Å². The van der Waals surface area contributed by atoms with E-state index in [-0.39, 0.29) is 5.91 Å². The summed E-state index contributed by atoms with van der Waals surface area (Å²) in [4.78, 5) is 11.5. The van der Waals surface area contributed by atoms with E-state index in [0.717, 1.165) is 34.5 Å². The van der Waals surface area contributed by atoms with E-state index < -0.39 is 0 Å². The SMILES string of the molecule is O=C1CCc2cc(Br)cc(OCC3CCCC3)c2N1. The first-order chi connectivity index (χ1) is 9.22. The number of nitrogens with one attached hydrogen (secondary N) is 1. The van der Waals surface area contributed by atoms with Gasteiger partial charge in [0.1, 0.15) is 5.75 Å². The molecule has 1 heterocycles. The fourth-order valence-corrected chi connectivity index (χ4v) is 3.41. The van der Waals surface area contributed by atoms with E-state index in [1.165, 1.54) is 25.7 Å². The van der Waals surface area contributed by atoms with Gasteiger partial charge in [0.2, 0.25) is 5.91 Å². The number of halogens is 1. The van der Waals surface area contributed by atoms with Crippen LogP contribution in [0.5, 0.6) is 5.75 Å². The van der Waals surface area contributed by atoms with E-state index in [2.05, 4.69) is 27.3 Å². The molecule has 1 aliphatic heterocycles. The third kappa shape index (κ3) is 2.94. The van der Waals surface area contributed by atoms with Gasteiger partial charge in [-0.15, -0.1) is 0 Å². The summed E-state index contributed by atoms with van der Waals surface area (Å²) in [6.45, 7) is 0.763. The number of carbonyl (C=O) groups is 1. The Morgan fingerprint density at radius 3 is 2.84 bits per heavy atom. The van der Waals surface area contributed by atoms with Gasteiger partial charge in [-0.2, -0.15) is 0 Å². The summed E-state index contributed by atoms with van der Waals surface area (Å²) in [5, 5.41) is 2.95. The maximum absolute atomic E-state index is 11.5. The molecule has 1 fully saturated rings. The van der Waals surface area contributed by atoms with Crippen molar-refractivity contribution >= 4 is 27.5 Å². The fraction of sp³-hybridized carbons (Fsp3) is 0.533. The van der Waals surface area contributed by atoms with Gasteiger partial charge in [-0.1, -0.05) is 28.8 Å².